The van der Waals surface area contributed by atoms with Crippen LogP contribution >= 0.6 is 11.6 Å². The normalized spacial score (nSPS) is 12.2. The molecule has 2 aromatic carbocycles. The molecular formula is C14H9ClO5. The van der Waals surface area contributed by atoms with E-state index in [0.29, 0.717) is 17.2 Å². The molecule has 0 aromatic heterocycles. The van der Waals surface area contributed by atoms with Gasteiger partial charge in [0.15, 0.2) is 11.5 Å². The maximum atomic E-state index is 11.2. The number of carboxylic acid groups (broad SMARTS) is 1. The minimum Gasteiger partial charge on any atom is -0.478 e. The van der Waals surface area contributed by atoms with Crippen LogP contribution in [0.4, 0.5) is 0 Å². The highest BCUT2D eigenvalue weighted by Gasteiger charge is 2.18. The maximum absolute atomic E-state index is 11.2. The Morgan fingerprint density at radius 1 is 1.20 bits per heavy atom. The number of hydrogen-bond donors (Lipinski definition) is 1. The van der Waals surface area contributed by atoms with E-state index >= 15 is 0 Å². The summed E-state index contributed by atoms with van der Waals surface area (Å²) in [6, 6.07) is 9.66. The second-order valence-corrected chi connectivity index (χ2v) is 4.44. The molecule has 1 heterocycles. The second-order valence-electron chi connectivity index (χ2n) is 4.04. The topological polar surface area (TPSA) is 65.0 Å². The van der Waals surface area contributed by atoms with E-state index in [9.17, 15) is 9.90 Å². The van der Waals surface area contributed by atoms with E-state index in [2.05, 4.69) is 0 Å². The lowest BCUT2D eigenvalue weighted by molar-refractivity contribution is 0.0694. The molecule has 0 aliphatic carbocycles. The Bertz CT molecular complexity index is 683. The van der Waals surface area contributed by atoms with Crippen LogP contribution in [0.15, 0.2) is 36.4 Å². The van der Waals surface area contributed by atoms with Crippen LogP contribution in [0.1, 0.15) is 10.4 Å². The Kier molecular flexibility index (Phi) is 3.12. The number of carboxylic acids is 1. The molecule has 0 amide bonds. The highest BCUT2D eigenvalue weighted by atomic mass is 35.5. The van der Waals surface area contributed by atoms with E-state index in [1.165, 1.54) is 6.07 Å². The fourth-order valence-electron chi connectivity index (χ4n) is 1.86. The summed E-state index contributed by atoms with van der Waals surface area (Å²) in [6.45, 7) is 0.163. The summed E-state index contributed by atoms with van der Waals surface area (Å²) in [7, 11) is 0. The molecule has 0 fully saturated rings. The van der Waals surface area contributed by atoms with E-state index in [4.69, 9.17) is 25.8 Å². The van der Waals surface area contributed by atoms with Crippen LogP contribution < -0.4 is 14.2 Å². The van der Waals surface area contributed by atoms with E-state index in [1.807, 2.05) is 0 Å². The van der Waals surface area contributed by atoms with Crippen LogP contribution in [-0.4, -0.2) is 17.9 Å². The number of halogens is 1. The SMILES string of the molecule is O=C(O)c1c(Cl)cccc1Oc1ccc2c(c1)OCO2. The van der Waals surface area contributed by atoms with Crippen molar-refractivity contribution in [1.29, 1.82) is 0 Å². The summed E-state index contributed by atoms with van der Waals surface area (Å²) >= 11 is 5.88. The van der Waals surface area contributed by atoms with Gasteiger partial charge in [-0.15, -0.1) is 0 Å². The zero-order valence-corrected chi connectivity index (χ0v) is 10.9. The molecule has 3 rings (SSSR count). The number of rotatable bonds is 3. The monoisotopic (exact) mass is 292 g/mol. The number of ether oxygens (including phenoxy) is 3. The van der Waals surface area contributed by atoms with Gasteiger partial charge in [-0.05, 0) is 24.3 Å². The van der Waals surface area contributed by atoms with Gasteiger partial charge in [0.25, 0.3) is 0 Å². The molecule has 0 spiro atoms. The summed E-state index contributed by atoms with van der Waals surface area (Å²) in [4.78, 5) is 11.2. The molecule has 5 nitrogen and oxygen atoms in total. The first kappa shape index (κ1) is 12.6. The molecule has 0 atom stereocenters. The summed E-state index contributed by atoms with van der Waals surface area (Å²) in [5.41, 5.74) is -0.0770. The smallest absolute Gasteiger partial charge is 0.341 e. The molecule has 1 N–H and O–H groups in total. The van der Waals surface area contributed by atoms with Crippen molar-refractivity contribution in [2.75, 3.05) is 6.79 Å². The van der Waals surface area contributed by atoms with Crippen LogP contribution in [0, 0.1) is 0 Å². The highest BCUT2D eigenvalue weighted by Crippen LogP contribution is 2.37. The van der Waals surface area contributed by atoms with Crippen molar-refractivity contribution in [1.82, 2.24) is 0 Å². The van der Waals surface area contributed by atoms with E-state index in [0.717, 1.165) is 0 Å². The van der Waals surface area contributed by atoms with E-state index in [1.54, 1.807) is 30.3 Å². The number of aromatic carboxylic acids is 1. The second kappa shape index (κ2) is 4.94. The van der Waals surface area contributed by atoms with Gasteiger partial charge in [-0.2, -0.15) is 0 Å². The zero-order chi connectivity index (χ0) is 14.1. The maximum Gasteiger partial charge on any atom is 0.341 e. The molecule has 20 heavy (non-hydrogen) atoms. The number of hydrogen-bond acceptors (Lipinski definition) is 4. The van der Waals surface area contributed by atoms with Gasteiger partial charge in [0, 0.05) is 6.07 Å². The number of benzene rings is 2. The molecule has 0 saturated carbocycles. The lowest BCUT2D eigenvalue weighted by atomic mass is 10.2. The summed E-state index contributed by atoms with van der Waals surface area (Å²) in [5.74, 6) is 0.650. The van der Waals surface area contributed by atoms with Crippen LogP contribution in [0.25, 0.3) is 0 Å². The average molecular weight is 293 g/mol. The van der Waals surface area contributed by atoms with Gasteiger partial charge < -0.3 is 19.3 Å². The van der Waals surface area contributed by atoms with Gasteiger partial charge in [-0.1, -0.05) is 17.7 Å². The van der Waals surface area contributed by atoms with E-state index in [-0.39, 0.29) is 23.1 Å². The fourth-order valence-corrected chi connectivity index (χ4v) is 2.11. The number of carbonyl (C=O) groups is 1. The minimum atomic E-state index is -1.15. The Morgan fingerprint density at radius 3 is 2.80 bits per heavy atom. The van der Waals surface area contributed by atoms with E-state index < -0.39 is 5.97 Å². The highest BCUT2D eigenvalue weighted by molar-refractivity contribution is 6.33. The Hall–Kier alpha value is -2.40. The zero-order valence-electron chi connectivity index (χ0n) is 10.1. The Labute approximate surface area is 119 Å². The van der Waals surface area contributed by atoms with Crippen LogP contribution in [0.5, 0.6) is 23.0 Å². The first-order valence-corrected chi connectivity index (χ1v) is 6.12. The first-order chi connectivity index (χ1) is 9.65. The molecule has 1 aliphatic rings. The molecular weight excluding hydrogens is 284 g/mol. The van der Waals surface area contributed by atoms with Gasteiger partial charge in [-0.25, -0.2) is 4.79 Å². The number of fused-ring (bicyclic) bond motifs is 1. The summed E-state index contributed by atoms with van der Waals surface area (Å²) in [6.07, 6.45) is 0. The predicted molar refractivity (Wildman–Crippen MR) is 71.1 cm³/mol. The van der Waals surface area contributed by atoms with Gasteiger partial charge in [0.1, 0.15) is 17.1 Å². The van der Waals surface area contributed by atoms with Crippen molar-refractivity contribution >= 4 is 17.6 Å². The van der Waals surface area contributed by atoms with Crippen molar-refractivity contribution in [2.45, 2.75) is 0 Å². The van der Waals surface area contributed by atoms with Gasteiger partial charge in [-0.3, -0.25) is 0 Å². The minimum absolute atomic E-state index is 0.0770. The molecule has 6 heteroatoms. The van der Waals surface area contributed by atoms with Crippen LogP contribution in [0.3, 0.4) is 0 Å². The van der Waals surface area contributed by atoms with Crippen molar-refractivity contribution in [2.24, 2.45) is 0 Å². The largest absolute Gasteiger partial charge is 0.478 e. The van der Waals surface area contributed by atoms with Crippen LogP contribution in [0.2, 0.25) is 5.02 Å². The van der Waals surface area contributed by atoms with Crippen LogP contribution in [-0.2, 0) is 0 Å². The van der Waals surface area contributed by atoms with Gasteiger partial charge >= 0.3 is 5.97 Å². The molecule has 0 unspecified atom stereocenters. The molecule has 0 saturated heterocycles. The average Bonchev–Trinajstić information content (AvgIpc) is 2.85. The lowest BCUT2D eigenvalue weighted by Gasteiger charge is -2.10. The fraction of sp³-hybridized carbons (Fsp3) is 0.0714. The lowest BCUT2D eigenvalue weighted by Crippen LogP contribution is -2.01. The third kappa shape index (κ3) is 2.23. The van der Waals surface area contributed by atoms with Crippen molar-refractivity contribution in [3.63, 3.8) is 0 Å². The summed E-state index contributed by atoms with van der Waals surface area (Å²) in [5, 5.41) is 9.29. The van der Waals surface area contributed by atoms with Gasteiger partial charge in [0.2, 0.25) is 6.79 Å². The molecule has 0 radical (unpaired) electrons. The standard InChI is InChI=1S/C14H9ClO5/c15-9-2-1-3-11(13(9)14(16)17)20-8-4-5-10-12(6-8)19-7-18-10/h1-6H,7H2,(H,16,17). The Morgan fingerprint density at radius 2 is 2.00 bits per heavy atom. The summed E-state index contributed by atoms with van der Waals surface area (Å²) < 4.78 is 16.0. The quantitative estimate of drug-likeness (QED) is 0.937. The molecule has 102 valence electrons. The molecule has 1 aliphatic heterocycles. The van der Waals surface area contributed by atoms with Gasteiger partial charge in [0.05, 0.1) is 5.02 Å². The van der Waals surface area contributed by atoms with Crippen molar-refractivity contribution in [3.8, 4) is 23.0 Å². The molecule has 2 aromatic rings. The third-order valence-electron chi connectivity index (χ3n) is 2.76. The Balaban J connectivity index is 1.95. The third-order valence-corrected chi connectivity index (χ3v) is 3.08. The van der Waals surface area contributed by atoms with Crippen molar-refractivity contribution in [3.05, 3.63) is 47.0 Å². The first-order valence-electron chi connectivity index (χ1n) is 5.74. The van der Waals surface area contributed by atoms with Crippen molar-refractivity contribution < 1.29 is 24.1 Å². The molecule has 0 bridgehead atoms. The predicted octanol–water partition coefficient (Wildman–Crippen LogP) is 3.56.